The molecular formula is C19H15F3N2O2. The average Bonchev–Trinajstić information content (AvgIpc) is 2.61. The number of alkyl halides is 3. The van der Waals surface area contributed by atoms with Gasteiger partial charge in [0.25, 0.3) is 0 Å². The number of hydrogen-bond donors (Lipinski definition) is 2. The predicted molar refractivity (Wildman–Crippen MR) is 89.3 cm³/mol. The van der Waals surface area contributed by atoms with Crippen molar-refractivity contribution in [3.63, 3.8) is 0 Å². The number of hydrogen-bond acceptors (Lipinski definition) is 2. The van der Waals surface area contributed by atoms with Crippen LogP contribution in [0.3, 0.4) is 0 Å². The average molecular weight is 360 g/mol. The third-order valence-corrected chi connectivity index (χ3v) is 4.10. The summed E-state index contributed by atoms with van der Waals surface area (Å²) in [4.78, 5) is 24.8. The van der Waals surface area contributed by atoms with Gasteiger partial charge in [0.2, 0.25) is 0 Å². The lowest BCUT2D eigenvalue weighted by molar-refractivity contribution is -0.137. The number of carbonyl (C=O) groups excluding carboxylic acids is 2. The molecule has 134 valence electrons. The van der Waals surface area contributed by atoms with Crippen molar-refractivity contribution in [1.29, 1.82) is 0 Å². The Morgan fingerprint density at radius 3 is 2.38 bits per heavy atom. The second kappa shape index (κ2) is 6.67. The first kappa shape index (κ1) is 17.7. The lowest BCUT2D eigenvalue weighted by Crippen LogP contribution is -2.45. The summed E-state index contributed by atoms with van der Waals surface area (Å²) in [6.07, 6.45) is -4.52. The Morgan fingerprint density at radius 1 is 1.04 bits per heavy atom. The molecule has 2 aromatic rings. The molecule has 1 aliphatic heterocycles. The van der Waals surface area contributed by atoms with Crippen LogP contribution in [0.4, 0.5) is 18.0 Å². The van der Waals surface area contributed by atoms with E-state index in [4.69, 9.17) is 0 Å². The second-order valence-corrected chi connectivity index (χ2v) is 5.89. The molecule has 0 saturated heterocycles. The molecule has 0 saturated carbocycles. The van der Waals surface area contributed by atoms with Crippen LogP contribution in [0.5, 0.6) is 0 Å². The zero-order chi connectivity index (χ0) is 18.9. The van der Waals surface area contributed by atoms with Crippen molar-refractivity contribution in [2.45, 2.75) is 19.1 Å². The Labute approximate surface area is 147 Å². The SMILES string of the molecule is CC1=C(C(=O)c2ccccc2)[C@@H](c2cccc(C(F)(F)F)c2)NC(=O)N1. The molecule has 26 heavy (non-hydrogen) atoms. The van der Waals surface area contributed by atoms with Gasteiger partial charge in [-0.15, -0.1) is 0 Å². The molecule has 0 fully saturated rings. The molecule has 2 N–H and O–H groups in total. The summed E-state index contributed by atoms with van der Waals surface area (Å²) in [5, 5.41) is 5.06. The number of nitrogens with one attached hydrogen (secondary N) is 2. The molecule has 0 radical (unpaired) electrons. The topological polar surface area (TPSA) is 58.2 Å². The third kappa shape index (κ3) is 3.46. The molecule has 7 heteroatoms. The molecule has 0 aromatic heterocycles. The summed E-state index contributed by atoms with van der Waals surface area (Å²) in [6.45, 7) is 1.55. The first-order chi connectivity index (χ1) is 12.3. The molecule has 2 aromatic carbocycles. The minimum atomic E-state index is -4.52. The smallest absolute Gasteiger partial charge is 0.327 e. The van der Waals surface area contributed by atoms with E-state index in [0.717, 1.165) is 12.1 Å². The quantitative estimate of drug-likeness (QED) is 0.806. The van der Waals surface area contributed by atoms with Crippen molar-refractivity contribution in [1.82, 2.24) is 10.6 Å². The first-order valence-electron chi connectivity index (χ1n) is 7.82. The van der Waals surface area contributed by atoms with E-state index >= 15 is 0 Å². The predicted octanol–water partition coefficient (Wildman–Crippen LogP) is 4.22. The van der Waals surface area contributed by atoms with E-state index in [2.05, 4.69) is 10.6 Å². The summed E-state index contributed by atoms with van der Waals surface area (Å²) >= 11 is 0. The van der Waals surface area contributed by atoms with Gasteiger partial charge in [-0.05, 0) is 24.6 Å². The van der Waals surface area contributed by atoms with E-state index in [1.807, 2.05) is 0 Å². The molecule has 0 bridgehead atoms. The van der Waals surface area contributed by atoms with Crippen molar-refractivity contribution in [2.24, 2.45) is 0 Å². The van der Waals surface area contributed by atoms with E-state index in [9.17, 15) is 22.8 Å². The number of ketones is 1. The summed E-state index contributed by atoms with van der Waals surface area (Å²) in [6, 6.07) is 11.4. The zero-order valence-electron chi connectivity index (χ0n) is 13.7. The van der Waals surface area contributed by atoms with Crippen LogP contribution in [0.25, 0.3) is 0 Å². The normalized spacial score (nSPS) is 17.5. The molecule has 1 heterocycles. The largest absolute Gasteiger partial charge is 0.416 e. The van der Waals surface area contributed by atoms with E-state index < -0.39 is 23.8 Å². The molecule has 1 aliphatic rings. The van der Waals surface area contributed by atoms with Crippen LogP contribution < -0.4 is 10.6 Å². The van der Waals surface area contributed by atoms with Gasteiger partial charge in [-0.2, -0.15) is 13.2 Å². The zero-order valence-corrected chi connectivity index (χ0v) is 13.7. The minimum absolute atomic E-state index is 0.188. The summed E-state index contributed by atoms with van der Waals surface area (Å²) in [7, 11) is 0. The van der Waals surface area contributed by atoms with Gasteiger partial charge < -0.3 is 10.6 Å². The van der Waals surface area contributed by atoms with Crippen LogP contribution in [-0.4, -0.2) is 11.8 Å². The van der Waals surface area contributed by atoms with Crippen LogP contribution in [0.15, 0.2) is 65.9 Å². The minimum Gasteiger partial charge on any atom is -0.327 e. The number of amides is 2. The van der Waals surface area contributed by atoms with Crippen LogP contribution in [-0.2, 0) is 6.18 Å². The van der Waals surface area contributed by atoms with E-state index in [1.54, 1.807) is 37.3 Å². The molecule has 0 spiro atoms. The number of rotatable bonds is 3. The Kier molecular flexibility index (Phi) is 4.54. The monoisotopic (exact) mass is 360 g/mol. The number of benzene rings is 2. The molecule has 1 atom stereocenters. The van der Waals surface area contributed by atoms with Crippen molar-refractivity contribution in [3.8, 4) is 0 Å². The van der Waals surface area contributed by atoms with E-state index in [1.165, 1.54) is 12.1 Å². The lowest BCUT2D eigenvalue weighted by Gasteiger charge is -2.29. The number of Topliss-reactive ketones (excluding diaryl/α,β-unsaturated/α-hetero) is 1. The van der Waals surface area contributed by atoms with Gasteiger partial charge in [0.15, 0.2) is 5.78 Å². The molecule has 4 nitrogen and oxygen atoms in total. The van der Waals surface area contributed by atoms with Gasteiger partial charge in [0.05, 0.1) is 11.6 Å². The van der Waals surface area contributed by atoms with Gasteiger partial charge in [-0.25, -0.2) is 4.79 Å². The number of halogens is 3. The highest BCUT2D eigenvalue weighted by atomic mass is 19.4. The van der Waals surface area contributed by atoms with Gasteiger partial charge in [0.1, 0.15) is 0 Å². The fourth-order valence-corrected chi connectivity index (χ4v) is 2.88. The maximum Gasteiger partial charge on any atom is 0.416 e. The Hall–Kier alpha value is -3.09. The number of urea groups is 1. The molecule has 0 unspecified atom stereocenters. The summed E-state index contributed by atoms with van der Waals surface area (Å²) < 4.78 is 39.1. The van der Waals surface area contributed by atoms with Crippen LogP contribution >= 0.6 is 0 Å². The number of carbonyl (C=O) groups is 2. The van der Waals surface area contributed by atoms with Crippen LogP contribution in [0.2, 0.25) is 0 Å². The standard InChI is InChI=1S/C19H15F3N2O2/c1-11-15(17(25)12-6-3-2-4-7-12)16(24-18(26)23-11)13-8-5-9-14(10-13)19(20,21)22/h2-10,16H,1H3,(H2,23,24,26)/t16-/m1/s1. The maximum atomic E-state index is 13.0. The third-order valence-electron chi connectivity index (χ3n) is 4.10. The van der Waals surface area contributed by atoms with Crippen LogP contribution in [0, 0.1) is 0 Å². The van der Waals surface area contributed by atoms with Gasteiger partial charge in [-0.1, -0.05) is 42.5 Å². The summed E-state index contributed by atoms with van der Waals surface area (Å²) in [5.41, 5.74) is 0.247. The highest BCUT2D eigenvalue weighted by Crippen LogP contribution is 2.34. The Bertz CT molecular complexity index is 889. The first-order valence-corrected chi connectivity index (χ1v) is 7.82. The van der Waals surface area contributed by atoms with Gasteiger partial charge in [-0.3, -0.25) is 4.79 Å². The van der Waals surface area contributed by atoms with Crippen molar-refractivity contribution < 1.29 is 22.8 Å². The Balaban J connectivity index is 2.08. The fourth-order valence-electron chi connectivity index (χ4n) is 2.88. The summed E-state index contributed by atoms with van der Waals surface area (Å²) in [5.74, 6) is -0.363. The Morgan fingerprint density at radius 2 is 1.73 bits per heavy atom. The second-order valence-electron chi connectivity index (χ2n) is 5.89. The van der Waals surface area contributed by atoms with Crippen molar-refractivity contribution >= 4 is 11.8 Å². The lowest BCUT2D eigenvalue weighted by atomic mass is 9.89. The van der Waals surface area contributed by atoms with E-state index in [-0.39, 0.29) is 16.9 Å². The molecule has 3 rings (SSSR count). The molecular weight excluding hydrogens is 345 g/mol. The maximum absolute atomic E-state index is 13.0. The van der Waals surface area contributed by atoms with Gasteiger partial charge in [0, 0.05) is 16.8 Å². The highest BCUT2D eigenvalue weighted by molar-refractivity contribution is 6.11. The van der Waals surface area contributed by atoms with Crippen molar-refractivity contribution in [3.05, 3.63) is 82.6 Å². The van der Waals surface area contributed by atoms with Gasteiger partial charge >= 0.3 is 12.2 Å². The highest BCUT2D eigenvalue weighted by Gasteiger charge is 2.34. The van der Waals surface area contributed by atoms with Crippen LogP contribution in [0.1, 0.15) is 34.5 Å². The number of allylic oxidation sites excluding steroid dienone is 1. The fraction of sp³-hybridized carbons (Fsp3) is 0.158. The molecule has 2 amide bonds. The molecule has 0 aliphatic carbocycles. The van der Waals surface area contributed by atoms with Crippen molar-refractivity contribution in [2.75, 3.05) is 0 Å². The van der Waals surface area contributed by atoms with E-state index in [0.29, 0.717) is 11.3 Å².